The van der Waals surface area contributed by atoms with Crippen LogP contribution in [0.2, 0.25) is 0 Å². The number of ether oxygens (including phenoxy) is 1. The van der Waals surface area contributed by atoms with Gasteiger partial charge in [-0.05, 0) is 24.6 Å². The lowest BCUT2D eigenvalue weighted by Crippen LogP contribution is -2.12. The van der Waals surface area contributed by atoms with E-state index in [-0.39, 0.29) is 5.82 Å². The van der Waals surface area contributed by atoms with Crippen LogP contribution in [0.3, 0.4) is 0 Å². The summed E-state index contributed by atoms with van der Waals surface area (Å²) < 4.78 is 18.3. The molecule has 0 aromatic heterocycles. The summed E-state index contributed by atoms with van der Waals surface area (Å²) in [6, 6.07) is 3.05. The third-order valence-electron chi connectivity index (χ3n) is 1.93. The lowest BCUT2D eigenvalue weighted by atomic mass is 10.1. The van der Waals surface area contributed by atoms with Crippen molar-refractivity contribution in [1.29, 1.82) is 0 Å². The smallest absolute Gasteiger partial charge is 0.126 e. The molecule has 0 amide bonds. The molecule has 0 heterocycles. The molecule has 0 fully saturated rings. The summed E-state index contributed by atoms with van der Waals surface area (Å²) in [5.41, 5.74) is 6.62. The number of aryl methyl sites for hydroxylation is 1. The van der Waals surface area contributed by atoms with E-state index >= 15 is 0 Å². The molecule has 76 valence electrons. The minimum absolute atomic E-state index is 0.267. The van der Waals surface area contributed by atoms with Crippen LogP contribution in [0.25, 0.3) is 0 Å². The highest BCUT2D eigenvalue weighted by atomic mass is 32.1. The molecule has 0 aliphatic heterocycles. The number of nitrogens with two attached hydrogens (primary N) is 1. The largest absolute Gasteiger partial charge is 0.496 e. The Labute approximate surface area is 87.9 Å². The summed E-state index contributed by atoms with van der Waals surface area (Å²) >= 11 is 4.76. The van der Waals surface area contributed by atoms with Gasteiger partial charge in [-0.1, -0.05) is 12.2 Å². The number of rotatable bonds is 3. The fourth-order valence-electron chi connectivity index (χ4n) is 1.21. The summed E-state index contributed by atoms with van der Waals surface area (Å²) in [6.45, 7) is 1.68. The average Bonchev–Trinajstić information content (AvgIpc) is 2.10. The van der Waals surface area contributed by atoms with Crippen LogP contribution in [-0.2, 0) is 6.42 Å². The van der Waals surface area contributed by atoms with E-state index in [1.54, 1.807) is 13.0 Å². The zero-order valence-electron chi connectivity index (χ0n) is 8.13. The van der Waals surface area contributed by atoms with Crippen molar-refractivity contribution in [2.45, 2.75) is 13.3 Å². The van der Waals surface area contributed by atoms with E-state index in [2.05, 4.69) is 0 Å². The maximum absolute atomic E-state index is 13.2. The van der Waals surface area contributed by atoms with Gasteiger partial charge in [0.1, 0.15) is 11.6 Å². The van der Waals surface area contributed by atoms with Gasteiger partial charge in [0.2, 0.25) is 0 Å². The summed E-state index contributed by atoms with van der Waals surface area (Å²) in [7, 11) is 1.54. The predicted octanol–water partition coefficient (Wildman–Crippen LogP) is 1.97. The Hall–Kier alpha value is -1.16. The predicted molar refractivity (Wildman–Crippen MR) is 58.2 cm³/mol. The Bertz CT molecular complexity index is 365. The topological polar surface area (TPSA) is 35.2 Å². The molecule has 0 spiro atoms. The minimum Gasteiger partial charge on any atom is -0.496 e. The van der Waals surface area contributed by atoms with Crippen LogP contribution >= 0.6 is 12.2 Å². The lowest BCUT2D eigenvalue weighted by molar-refractivity contribution is 0.409. The van der Waals surface area contributed by atoms with Crippen molar-refractivity contribution in [3.63, 3.8) is 0 Å². The Morgan fingerprint density at radius 1 is 1.57 bits per heavy atom. The van der Waals surface area contributed by atoms with E-state index in [0.717, 1.165) is 0 Å². The van der Waals surface area contributed by atoms with Crippen molar-refractivity contribution in [2.24, 2.45) is 5.73 Å². The maximum Gasteiger partial charge on any atom is 0.126 e. The van der Waals surface area contributed by atoms with Gasteiger partial charge in [-0.3, -0.25) is 0 Å². The third-order valence-corrected chi connectivity index (χ3v) is 2.07. The second-order valence-corrected chi connectivity index (χ2v) is 3.58. The molecule has 1 aromatic rings. The summed E-state index contributed by atoms with van der Waals surface area (Å²) in [5.74, 6) is 0.355. The van der Waals surface area contributed by atoms with E-state index < -0.39 is 0 Å². The Morgan fingerprint density at radius 2 is 2.21 bits per heavy atom. The number of methoxy groups -OCH3 is 1. The zero-order chi connectivity index (χ0) is 10.7. The van der Waals surface area contributed by atoms with Crippen LogP contribution in [0, 0.1) is 12.7 Å². The van der Waals surface area contributed by atoms with Gasteiger partial charge in [0, 0.05) is 12.0 Å². The van der Waals surface area contributed by atoms with Crippen LogP contribution < -0.4 is 10.5 Å². The SMILES string of the molecule is COc1cc(C)c(F)cc1CC(N)=S. The first-order chi connectivity index (χ1) is 6.54. The molecule has 0 bridgehead atoms. The van der Waals surface area contributed by atoms with Crippen molar-refractivity contribution in [3.05, 3.63) is 29.1 Å². The van der Waals surface area contributed by atoms with Gasteiger partial charge in [-0.15, -0.1) is 0 Å². The Balaban J connectivity index is 3.13. The molecule has 2 nitrogen and oxygen atoms in total. The zero-order valence-corrected chi connectivity index (χ0v) is 8.95. The number of halogens is 1. The molecule has 2 N–H and O–H groups in total. The van der Waals surface area contributed by atoms with Gasteiger partial charge in [-0.25, -0.2) is 4.39 Å². The van der Waals surface area contributed by atoms with Crippen LogP contribution in [0.4, 0.5) is 4.39 Å². The fourth-order valence-corrected chi connectivity index (χ4v) is 1.37. The second kappa shape index (κ2) is 4.37. The lowest BCUT2D eigenvalue weighted by Gasteiger charge is -2.09. The molecule has 0 saturated carbocycles. The number of hydrogen-bond donors (Lipinski definition) is 1. The van der Waals surface area contributed by atoms with E-state index in [4.69, 9.17) is 22.7 Å². The van der Waals surface area contributed by atoms with Crippen molar-refractivity contribution >= 4 is 17.2 Å². The van der Waals surface area contributed by atoms with Crippen LogP contribution in [0.5, 0.6) is 5.75 Å². The van der Waals surface area contributed by atoms with Crippen molar-refractivity contribution in [2.75, 3.05) is 7.11 Å². The summed E-state index contributed by atoms with van der Waals surface area (Å²) in [5, 5.41) is 0. The third kappa shape index (κ3) is 2.42. The Morgan fingerprint density at radius 3 is 2.71 bits per heavy atom. The Kier molecular flexibility index (Phi) is 3.41. The molecule has 0 aliphatic carbocycles. The van der Waals surface area contributed by atoms with E-state index in [9.17, 15) is 4.39 Å². The van der Waals surface area contributed by atoms with Gasteiger partial charge in [0.15, 0.2) is 0 Å². The molecule has 4 heteroatoms. The quantitative estimate of drug-likeness (QED) is 0.780. The second-order valence-electron chi connectivity index (χ2n) is 3.06. The highest BCUT2D eigenvalue weighted by Gasteiger charge is 2.08. The summed E-state index contributed by atoms with van der Waals surface area (Å²) in [6.07, 6.45) is 0.357. The fraction of sp³-hybridized carbons (Fsp3) is 0.300. The van der Waals surface area contributed by atoms with Gasteiger partial charge >= 0.3 is 0 Å². The highest BCUT2D eigenvalue weighted by molar-refractivity contribution is 7.80. The first-order valence-corrected chi connectivity index (χ1v) is 4.56. The molecular formula is C10H12FNOS. The van der Waals surface area contributed by atoms with Crippen molar-refractivity contribution in [1.82, 2.24) is 0 Å². The van der Waals surface area contributed by atoms with Gasteiger partial charge in [0.25, 0.3) is 0 Å². The van der Waals surface area contributed by atoms with Crippen LogP contribution in [-0.4, -0.2) is 12.1 Å². The summed E-state index contributed by atoms with van der Waals surface area (Å²) in [4.78, 5) is 0.326. The first-order valence-electron chi connectivity index (χ1n) is 4.16. The molecule has 0 radical (unpaired) electrons. The van der Waals surface area contributed by atoms with E-state index in [1.807, 2.05) is 0 Å². The van der Waals surface area contributed by atoms with Gasteiger partial charge < -0.3 is 10.5 Å². The molecule has 0 aliphatic rings. The van der Waals surface area contributed by atoms with E-state index in [0.29, 0.717) is 28.3 Å². The number of benzene rings is 1. The highest BCUT2D eigenvalue weighted by Crippen LogP contribution is 2.22. The van der Waals surface area contributed by atoms with Gasteiger partial charge in [0.05, 0.1) is 12.1 Å². The van der Waals surface area contributed by atoms with Gasteiger partial charge in [-0.2, -0.15) is 0 Å². The number of thiocarbonyl (C=S) groups is 1. The molecule has 1 rings (SSSR count). The first kappa shape index (κ1) is 10.9. The molecule has 0 saturated heterocycles. The minimum atomic E-state index is -0.267. The standard InChI is InChI=1S/C10H12FNOS/c1-6-3-9(13-2)7(4-8(6)11)5-10(12)14/h3-4H,5H2,1-2H3,(H2,12,14). The van der Waals surface area contributed by atoms with Crippen LogP contribution in [0.1, 0.15) is 11.1 Å². The van der Waals surface area contributed by atoms with Crippen molar-refractivity contribution < 1.29 is 9.13 Å². The van der Waals surface area contributed by atoms with E-state index in [1.165, 1.54) is 13.2 Å². The van der Waals surface area contributed by atoms with Crippen LogP contribution in [0.15, 0.2) is 12.1 Å². The molecule has 0 unspecified atom stereocenters. The normalized spacial score (nSPS) is 9.93. The molecule has 0 atom stereocenters. The number of hydrogen-bond acceptors (Lipinski definition) is 2. The molecule has 14 heavy (non-hydrogen) atoms. The molecule has 1 aromatic carbocycles. The van der Waals surface area contributed by atoms with Crippen molar-refractivity contribution in [3.8, 4) is 5.75 Å². The monoisotopic (exact) mass is 213 g/mol. The molecular weight excluding hydrogens is 201 g/mol. The average molecular weight is 213 g/mol. The maximum atomic E-state index is 13.2.